The molecule has 0 unspecified atom stereocenters. The smallest absolute Gasteiger partial charge is 0.319 e. The number of amides is 2. The zero-order valence-electron chi connectivity index (χ0n) is 8.24. The number of nitrogens with zero attached hydrogens (tertiary/aromatic N) is 1. The summed E-state index contributed by atoms with van der Waals surface area (Å²) < 4.78 is 0. The van der Waals surface area contributed by atoms with Crippen molar-refractivity contribution in [2.45, 2.75) is 19.9 Å². The normalized spacial score (nSPS) is 9.93. The molecule has 0 aliphatic carbocycles. The van der Waals surface area contributed by atoms with Gasteiger partial charge in [0.2, 0.25) is 0 Å². The average Bonchev–Trinajstić information content (AvgIpc) is 2.07. The molecule has 5 nitrogen and oxygen atoms in total. The van der Waals surface area contributed by atoms with E-state index in [0.717, 1.165) is 0 Å². The number of hydrogen-bond donors (Lipinski definition) is 3. The molecular weight excluding hydrogens is 180 g/mol. The van der Waals surface area contributed by atoms with Crippen molar-refractivity contribution in [1.29, 1.82) is 0 Å². The maximum absolute atomic E-state index is 11.3. The fourth-order valence-corrected chi connectivity index (χ4v) is 0.941. The predicted molar refractivity (Wildman–Crippen MR) is 55.9 cm³/mol. The maximum atomic E-state index is 11.3. The fraction of sp³-hybridized carbons (Fsp3) is 0.333. The van der Waals surface area contributed by atoms with E-state index < -0.39 is 0 Å². The molecule has 1 aromatic heterocycles. The van der Waals surface area contributed by atoms with Crippen molar-refractivity contribution in [3.8, 4) is 0 Å². The van der Waals surface area contributed by atoms with E-state index in [-0.39, 0.29) is 12.1 Å². The van der Waals surface area contributed by atoms with Gasteiger partial charge in [-0.05, 0) is 19.9 Å². The average molecular weight is 194 g/mol. The lowest BCUT2D eigenvalue weighted by molar-refractivity contribution is 0.250. The number of nitrogens with one attached hydrogen (secondary N) is 2. The molecule has 0 aliphatic rings. The van der Waals surface area contributed by atoms with Gasteiger partial charge in [0.15, 0.2) is 0 Å². The van der Waals surface area contributed by atoms with Crippen molar-refractivity contribution in [3.05, 3.63) is 18.5 Å². The molecule has 0 saturated carbocycles. The Kier molecular flexibility index (Phi) is 3.28. The number of anilines is 2. The Bertz CT molecular complexity index is 324. The summed E-state index contributed by atoms with van der Waals surface area (Å²) >= 11 is 0. The van der Waals surface area contributed by atoms with E-state index in [1.807, 2.05) is 13.8 Å². The van der Waals surface area contributed by atoms with Gasteiger partial charge in [0, 0.05) is 12.2 Å². The first-order valence-electron chi connectivity index (χ1n) is 4.36. The summed E-state index contributed by atoms with van der Waals surface area (Å²) in [7, 11) is 0. The zero-order valence-corrected chi connectivity index (χ0v) is 8.24. The van der Waals surface area contributed by atoms with Crippen molar-refractivity contribution < 1.29 is 4.79 Å². The van der Waals surface area contributed by atoms with Crippen LogP contribution in [0, 0.1) is 0 Å². The molecule has 1 rings (SSSR count). The number of nitrogens with two attached hydrogens (primary N) is 1. The second-order valence-corrected chi connectivity index (χ2v) is 3.22. The third-order valence-electron chi connectivity index (χ3n) is 1.52. The highest BCUT2D eigenvalue weighted by molar-refractivity contribution is 5.92. The van der Waals surface area contributed by atoms with Gasteiger partial charge in [0.1, 0.15) is 0 Å². The Morgan fingerprint density at radius 1 is 1.57 bits per heavy atom. The number of rotatable bonds is 2. The third kappa shape index (κ3) is 2.93. The molecule has 0 bridgehead atoms. The van der Waals surface area contributed by atoms with Gasteiger partial charge in [-0.3, -0.25) is 4.98 Å². The molecule has 4 N–H and O–H groups in total. The summed E-state index contributed by atoms with van der Waals surface area (Å²) in [5.41, 5.74) is 6.61. The number of hydrogen-bond acceptors (Lipinski definition) is 3. The number of aromatic nitrogens is 1. The second kappa shape index (κ2) is 4.45. The molecule has 0 atom stereocenters. The first kappa shape index (κ1) is 10.3. The number of carbonyl (C=O) groups excluding carboxylic acids is 1. The summed E-state index contributed by atoms with van der Waals surface area (Å²) in [6, 6.07) is 1.48. The van der Waals surface area contributed by atoms with Crippen molar-refractivity contribution in [1.82, 2.24) is 10.3 Å². The molecule has 1 aromatic rings. The predicted octanol–water partition coefficient (Wildman–Crippen LogP) is 1.19. The van der Waals surface area contributed by atoms with Crippen LogP contribution in [0.2, 0.25) is 0 Å². The highest BCUT2D eigenvalue weighted by atomic mass is 16.2. The van der Waals surface area contributed by atoms with E-state index in [2.05, 4.69) is 15.6 Å². The summed E-state index contributed by atoms with van der Waals surface area (Å²) in [6.07, 6.45) is 3.06. The Hall–Kier alpha value is -1.78. The summed E-state index contributed by atoms with van der Waals surface area (Å²) in [5.74, 6) is 0. The van der Waals surface area contributed by atoms with Crippen molar-refractivity contribution in [2.75, 3.05) is 11.1 Å². The number of carbonyl (C=O) groups is 1. The molecular formula is C9H14N4O. The van der Waals surface area contributed by atoms with Crippen molar-refractivity contribution in [2.24, 2.45) is 0 Å². The SMILES string of the molecule is CC(C)NC(=O)Nc1ccncc1N. The molecule has 0 fully saturated rings. The minimum Gasteiger partial charge on any atom is -0.396 e. The Labute approximate surface area is 82.7 Å². The first-order chi connectivity index (χ1) is 6.59. The number of pyridine rings is 1. The van der Waals surface area contributed by atoms with Crippen LogP contribution < -0.4 is 16.4 Å². The summed E-state index contributed by atoms with van der Waals surface area (Å²) in [4.78, 5) is 15.1. The van der Waals surface area contributed by atoms with Crippen LogP contribution in [0.5, 0.6) is 0 Å². The van der Waals surface area contributed by atoms with Gasteiger partial charge in [0.25, 0.3) is 0 Å². The van der Waals surface area contributed by atoms with Crippen LogP contribution in [0.25, 0.3) is 0 Å². The van der Waals surface area contributed by atoms with Gasteiger partial charge in [0.05, 0.1) is 17.6 Å². The minimum atomic E-state index is -0.266. The largest absolute Gasteiger partial charge is 0.396 e. The van der Waals surface area contributed by atoms with Crippen LogP contribution in [0.3, 0.4) is 0 Å². The lowest BCUT2D eigenvalue weighted by atomic mass is 10.3. The van der Waals surface area contributed by atoms with E-state index >= 15 is 0 Å². The maximum Gasteiger partial charge on any atom is 0.319 e. The Morgan fingerprint density at radius 3 is 2.86 bits per heavy atom. The van der Waals surface area contributed by atoms with Gasteiger partial charge >= 0.3 is 6.03 Å². The highest BCUT2D eigenvalue weighted by Gasteiger charge is 2.04. The lowest BCUT2D eigenvalue weighted by Crippen LogP contribution is -2.34. The number of urea groups is 1. The molecule has 76 valence electrons. The standard InChI is InChI=1S/C9H14N4O/c1-6(2)12-9(14)13-8-3-4-11-5-7(8)10/h3-6H,10H2,1-2H3,(H2,11,12,13,14). The van der Waals surface area contributed by atoms with Crippen molar-refractivity contribution in [3.63, 3.8) is 0 Å². The monoisotopic (exact) mass is 194 g/mol. The molecule has 14 heavy (non-hydrogen) atoms. The third-order valence-corrected chi connectivity index (χ3v) is 1.52. The van der Waals surface area contributed by atoms with Crippen LogP contribution in [0.15, 0.2) is 18.5 Å². The van der Waals surface area contributed by atoms with Crippen LogP contribution in [0.4, 0.5) is 16.2 Å². The second-order valence-electron chi connectivity index (χ2n) is 3.22. The number of nitrogen functional groups attached to an aromatic ring is 1. The molecule has 2 amide bonds. The van der Waals surface area contributed by atoms with Gasteiger partial charge in [-0.25, -0.2) is 4.79 Å². The van der Waals surface area contributed by atoms with Crippen LogP contribution >= 0.6 is 0 Å². The Balaban J connectivity index is 2.61. The molecule has 0 aliphatic heterocycles. The topological polar surface area (TPSA) is 80.0 Å². The van der Waals surface area contributed by atoms with E-state index in [9.17, 15) is 4.79 Å². The summed E-state index contributed by atoms with van der Waals surface area (Å²) in [5, 5.41) is 5.32. The molecule has 0 aromatic carbocycles. The van der Waals surface area contributed by atoms with E-state index in [0.29, 0.717) is 11.4 Å². The summed E-state index contributed by atoms with van der Waals surface area (Å²) in [6.45, 7) is 3.77. The van der Waals surface area contributed by atoms with Gasteiger partial charge in [-0.2, -0.15) is 0 Å². The van der Waals surface area contributed by atoms with Gasteiger partial charge in [-0.1, -0.05) is 0 Å². The minimum absolute atomic E-state index is 0.0954. The van der Waals surface area contributed by atoms with Crippen LogP contribution in [-0.4, -0.2) is 17.1 Å². The van der Waals surface area contributed by atoms with Crippen LogP contribution in [-0.2, 0) is 0 Å². The van der Waals surface area contributed by atoms with E-state index in [1.54, 1.807) is 12.3 Å². The molecule has 0 spiro atoms. The quantitative estimate of drug-likeness (QED) is 0.661. The first-order valence-corrected chi connectivity index (χ1v) is 4.36. The molecule has 5 heteroatoms. The lowest BCUT2D eigenvalue weighted by Gasteiger charge is -2.10. The van der Waals surface area contributed by atoms with Gasteiger partial charge in [-0.15, -0.1) is 0 Å². The van der Waals surface area contributed by atoms with E-state index in [1.165, 1.54) is 6.20 Å². The Morgan fingerprint density at radius 2 is 2.29 bits per heavy atom. The highest BCUT2D eigenvalue weighted by Crippen LogP contribution is 2.14. The van der Waals surface area contributed by atoms with Gasteiger partial charge < -0.3 is 16.4 Å². The van der Waals surface area contributed by atoms with Crippen LogP contribution in [0.1, 0.15) is 13.8 Å². The molecule has 0 saturated heterocycles. The fourth-order valence-electron chi connectivity index (χ4n) is 0.941. The van der Waals surface area contributed by atoms with Crippen molar-refractivity contribution >= 4 is 17.4 Å². The molecule has 1 heterocycles. The zero-order chi connectivity index (χ0) is 10.6. The molecule has 0 radical (unpaired) electrons. The van der Waals surface area contributed by atoms with E-state index in [4.69, 9.17) is 5.73 Å².